The largest absolute Gasteiger partial charge is 0.513 e. The maximum atomic E-state index is 12.3. The lowest BCUT2D eigenvalue weighted by atomic mass is 10.0. The van der Waals surface area contributed by atoms with Gasteiger partial charge in [-0.2, -0.15) is 0 Å². The van der Waals surface area contributed by atoms with Crippen LogP contribution in [0.15, 0.2) is 36.4 Å². The van der Waals surface area contributed by atoms with Gasteiger partial charge >= 0.3 is 12.3 Å². The van der Waals surface area contributed by atoms with Crippen LogP contribution in [0.25, 0.3) is 21.5 Å². The molecule has 0 amide bonds. The summed E-state index contributed by atoms with van der Waals surface area (Å²) in [6.45, 7) is 4.48. The molecule has 0 bridgehead atoms. The van der Waals surface area contributed by atoms with Crippen LogP contribution in [0.1, 0.15) is 39.5 Å². The molecule has 3 aromatic carbocycles. The van der Waals surface area contributed by atoms with Crippen molar-refractivity contribution < 1.29 is 28.5 Å². The molecular formula is C24H24Cl2O6. The second kappa shape index (κ2) is 11.2. The quantitative estimate of drug-likeness (QED) is 0.141. The van der Waals surface area contributed by atoms with Gasteiger partial charge in [0.25, 0.3) is 0 Å². The molecule has 32 heavy (non-hydrogen) atoms. The van der Waals surface area contributed by atoms with Crippen molar-refractivity contribution in [2.45, 2.75) is 39.5 Å². The van der Waals surface area contributed by atoms with Gasteiger partial charge in [0, 0.05) is 26.6 Å². The number of hydrogen-bond acceptors (Lipinski definition) is 6. The number of carbonyl (C=O) groups excluding carboxylic acids is 2. The van der Waals surface area contributed by atoms with Crippen molar-refractivity contribution in [3.05, 3.63) is 46.4 Å². The van der Waals surface area contributed by atoms with Gasteiger partial charge in [-0.25, -0.2) is 9.59 Å². The molecule has 3 rings (SSSR count). The van der Waals surface area contributed by atoms with E-state index in [1.54, 1.807) is 36.4 Å². The molecule has 0 N–H and O–H groups in total. The summed E-state index contributed by atoms with van der Waals surface area (Å²) < 4.78 is 21.5. The fourth-order valence-electron chi connectivity index (χ4n) is 3.17. The summed E-state index contributed by atoms with van der Waals surface area (Å²) in [7, 11) is 0. The van der Waals surface area contributed by atoms with Crippen molar-refractivity contribution in [1.29, 1.82) is 0 Å². The Morgan fingerprint density at radius 1 is 0.781 bits per heavy atom. The van der Waals surface area contributed by atoms with Crippen molar-refractivity contribution in [1.82, 2.24) is 0 Å². The van der Waals surface area contributed by atoms with E-state index in [4.69, 9.17) is 42.1 Å². The second-order valence-corrected chi connectivity index (χ2v) is 7.96. The molecule has 0 atom stereocenters. The van der Waals surface area contributed by atoms with Crippen LogP contribution in [0.2, 0.25) is 10.0 Å². The van der Waals surface area contributed by atoms with E-state index in [9.17, 15) is 9.59 Å². The lowest BCUT2D eigenvalue weighted by molar-refractivity contribution is 0.0970. The minimum absolute atomic E-state index is 0.200. The average Bonchev–Trinajstić information content (AvgIpc) is 2.76. The minimum Gasteiger partial charge on any atom is -0.434 e. The molecule has 0 saturated heterocycles. The Bertz CT molecular complexity index is 1120. The molecule has 170 valence electrons. The highest BCUT2D eigenvalue weighted by Gasteiger charge is 2.23. The Morgan fingerprint density at radius 2 is 1.41 bits per heavy atom. The number of halogens is 2. The minimum atomic E-state index is -0.844. The first-order valence-electron chi connectivity index (χ1n) is 10.5. The molecule has 6 nitrogen and oxygen atoms in total. The van der Waals surface area contributed by atoms with E-state index in [2.05, 4.69) is 0 Å². The van der Waals surface area contributed by atoms with Crippen molar-refractivity contribution in [3.8, 4) is 11.5 Å². The molecule has 0 heterocycles. The summed E-state index contributed by atoms with van der Waals surface area (Å²) >= 11 is 12.7. The molecule has 0 aliphatic rings. The van der Waals surface area contributed by atoms with E-state index in [1.807, 2.05) is 13.8 Å². The monoisotopic (exact) mass is 478 g/mol. The third kappa shape index (κ3) is 5.56. The molecule has 0 radical (unpaired) electrons. The molecule has 0 aromatic heterocycles. The fourth-order valence-corrected chi connectivity index (χ4v) is 3.60. The van der Waals surface area contributed by atoms with Crippen LogP contribution >= 0.6 is 23.2 Å². The standard InChI is InChI=1S/C24H24Cl2O6/c1-3-5-12-29-23(27)31-21-17-8-7-9-19(26)20(17)22(32-24(28)30-13-6-4-2)16-11-10-15(25)14-18(16)21/h7-11,14H,3-6,12-13H2,1-2H3. The first-order chi connectivity index (χ1) is 15.5. The molecule has 0 fully saturated rings. The predicted octanol–water partition coefficient (Wildman–Crippen LogP) is 7.93. The number of ether oxygens (including phenoxy) is 4. The number of rotatable bonds is 8. The van der Waals surface area contributed by atoms with Gasteiger partial charge in [0.15, 0.2) is 11.5 Å². The lowest BCUT2D eigenvalue weighted by Crippen LogP contribution is -2.14. The molecule has 0 spiro atoms. The third-order valence-corrected chi connectivity index (χ3v) is 5.31. The Morgan fingerprint density at radius 3 is 2.03 bits per heavy atom. The highest BCUT2D eigenvalue weighted by molar-refractivity contribution is 6.38. The first kappa shape index (κ1) is 24.0. The molecular weight excluding hydrogens is 455 g/mol. The van der Waals surface area contributed by atoms with Gasteiger partial charge in [-0.15, -0.1) is 0 Å². The van der Waals surface area contributed by atoms with Crippen LogP contribution in [-0.4, -0.2) is 25.5 Å². The summed E-state index contributed by atoms with van der Waals surface area (Å²) in [6.07, 6.45) is 1.52. The number of benzene rings is 3. The molecule has 0 saturated carbocycles. The molecule has 0 aliphatic heterocycles. The molecule has 0 aliphatic carbocycles. The molecule has 0 unspecified atom stereocenters. The molecule has 3 aromatic rings. The smallest absolute Gasteiger partial charge is 0.434 e. The highest BCUT2D eigenvalue weighted by atomic mass is 35.5. The number of fused-ring (bicyclic) bond motifs is 2. The van der Waals surface area contributed by atoms with Gasteiger partial charge in [0.2, 0.25) is 0 Å². The summed E-state index contributed by atoms with van der Waals surface area (Å²) in [4.78, 5) is 24.7. The Kier molecular flexibility index (Phi) is 8.42. The van der Waals surface area contributed by atoms with Crippen molar-refractivity contribution in [2.24, 2.45) is 0 Å². The summed E-state index contributed by atoms with van der Waals surface area (Å²) in [5.74, 6) is 0.415. The zero-order valence-electron chi connectivity index (χ0n) is 17.9. The van der Waals surface area contributed by atoms with Gasteiger partial charge in [-0.1, -0.05) is 62.0 Å². The Hall–Kier alpha value is -2.70. The highest BCUT2D eigenvalue weighted by Crippen LogP contribution is 2.46. The average molecular weight is 479 g/mol. The normalized spacial score (nSPS) is 10.9. The maximum absolute atomic E-state index is 12.3. The predicted molar refractivity (Wildman–Crippen MR) is 125 cm³/mol. The summed E-state index contributed by atoms with van der Waals surface area (Å²) in [5, 5.41) is 2.57. The van der Waals surface area contributed by atoms with Crippen molar-refractivity contribution >= 4 is 57.1 Å². The van der Waals surface area contributed by atoms with Crippen LogP contribution in [0.4, 0.5) is 9.59 Å². The van der Waals surface area contributed by atoms with Crippen molar-refractivity contribution in [3.63, 3.8) is 0 Å². The SMILES string of the molecule is CCCCOC(=O)Oc1c2cc(Cl)ccc2c(OC(=O)OCCCC)c2c(Cl)cccc12. The van der Waals surface area contributed by atoms with E-state index in [0.717, 1.165) is 25.7 Å². The Balaban J connectivity index is 2.13. The van der Waals surface area contributed by atoms with Crippen molar-refractivity contribution in [2.75, 3.05) is 13.2 Å². The number of carbonyl (C=O) groups is 2. The topological polar surface area (TPSA) is 71.1 Å². The lowest BCUT2D eigenvalue weighted by Gasteiger charge is -2.17. The van der Waals surface area contributed by atoms with Crippen LogP contribution < -0.4 is 9.47 Å². The van der Waals surface area contributed by atoms with Gasteiger partial charge in [-0.05, 0) is 37.1 Å². The van der Waals surface area contributed by atoms with Crippen LogP contribution in [-0.2, 0) is 9.47 Å². The zero-order valence-corrected chi connectivity index (χ0v) is 19.4. The third-order valence-electron chi connectivity index (χ3n) is 4.76. The van der Waals surface area contributed by atoms with Gasteiger partial charge in [-0.3, -0.25) is 0 Å². The second-order valence-electron chi connectivity index (χ2n) is 7.12. The van der Waals surface area contributed by atoms with Gasteiger partial charge < -0.3 is 18.9 Å². The fraction of sp³-hybridized carbons (Fsp3) is 0.333. The van der Waals surface area contributed by atoms with Crippen LogP contribution in [0, 0.1) is 0 Å². The number of unbranched alkanes of at least 4 members (excludes halogenated alkanes) is 2. The zero-order chi connectivity index (χ0) is 23.1. The van der Waals surface area contributed by atoms with Crippen LogP contribution in [0.5, 0.6) is 11.5 Å². The number of hydrogen-bond donors (Lipinski definition) is 0. The van der Waals surface area contributed by atoms with E-state index in [-0.39, 0.29) is 24.7 Å². The maximum Gasteiger partial charge on any atom is 0.513 e. The Labute approximate surface area is 196 Å². The van der Waals surface area contributed by atoms with E-state index < -0.39 is 12.3 Å². The van der Waals surface area contributed by atoms with Gasteiger partial charge in [0.05, 0.1) is 18.2 Å². The summed E-state index contributed by atoms with van der Waals surface area (Å²) in [6, 6.07) is 10.0. The van der Waals surface area contributed by atoms with E-state index in [0.29, 0.717) is 31.6 Å². The van der Waals surface area contributed by atoms with Crippen LogP contribution in [0.3, 0.4) is 0 Å². The molecule has 8 heteroatoms. The van der Waals surface area contributed by atoms with E-state index >= 15 is 0 Å². The van der Waals surface area contributed by atoms with E-state index in [1.165, 1.54) is 0 Å². The summed E-state index contributed by atoms with van der Waals surface area (Å²) in [5.41, 5.74) is 0. The van der Waals surface area contributed by atoms with Gasteiger partial charge in [0.1, 0.15) is 0 Å². The first-order valence-corrected chi connectivity index (χ1v) is 11.2.